The zero-order valence-electron chi connectivity index (χ0n) is 9.25. The molecule has 0 radical (unpaired) electrons. The van der Waals surface area contributed by atoms with Crippen LogP contribution in [0.15, 0.2) is 29.3 Å². The normalized spacial score (nSPS) is 9.69. The number of methoxy groups -OCH3 is 1. The molecule has 0 aliphatic heterocycles. The first kappa shape index (κ1) is 12.8. The van der Waals surface area contributed by atoms with Gasteiger partial charge in [-0.15, -0.1) is 0 Å². The largest absolute Gasteiger partial charge is 0.497 e. The van der Waals surface area contributed by atoms with Gasteiger partial charge >= 0.3 is 0 Å². The molecule has 0 atom stereocenters. The molecule has 0 aliphatic rings. The van der Waals surface area contributed by atoms with Gasteiger partial charge in [0.1, 0.15) is 18.1 Å². The maximum absolute atomic E-state index is 11.4. The van der Waals surface area contributed by atoms with Crippen LogP contribution in [-0.2, 0) is 0 Å². The van der Waals surface area contributed by atoms with Crippen LogP contribution in [0.2, 0.25) is 0 Å². The molecule has 1 rings (SSSR count). The van der Waals surface area contributed by atoms with Crippen LogP contribution >= 0.6 is 15.9 Å². The van der Waals surface area contributed by atoms with Crippen LogP contribution < -0.4 is 9.47 Å². The molecule has 16 heavy (non-hydrogen) atoms. The van der Waals surface area contributed by atoms with Crippen LogP contribution in [-0.4, -0.2) is 19.5 Å². The van der Waals surface area contributed by atoms with E-state index in [-0.39, 0.29) is 5.78 Å². The summed E-state index contributed by atoms with van der Waals surface area (Å²) in [6.45, 7) is 5.47. The molecule has 1 aromatic carbocycles. The second-order valence-corrected chi connectivity index (χ2v) is 4.35. The van der Waals surface area contributed by atoms with Crippen LogP contribution in [0, 0.1) is 0 Å². The Hall–Kier alpha value is -1.29. The van der Waals surface area contributed by atoms with Crippen molar-refractivity contribution in [1.29, 1.82) is 0 Å². The highest BCUT2D eigenvalue weighted by atomic mass is 79.9. The summed E-state index contributed by atoms with van der Waals surface area (Å²) >= 11 is 3.19. The van der Waals surface area contributed by atoms with Crippen molar-refractivity contribution in [2.24, 2.45) is 0 Å². The van der Waals surface area contributed by atoms with Crippen molar-refractivity contribution in [3.63, 3.8) is 0 Å². The van der Waals surface area contributed by atoms with Gasteiger partial charge in [-0.2, -0.15) is 0 Å². The first-order valence-electron chi connectivity index (χ1n) is 4.69. The molecule has 0 unspecified atom stereocenters. The summed E-state index contributed by atoms with van der Waals surface area (Å²) in [7, 11) is 1.57. The lowest BCUT2D eigenvalue weighted by Gasteiger charge is -2.10. The number of carbonyl (C=O) groups excluding carboxylic acids is 1. The standard InChI is InChI=1S/C12H13BrO3/c1-8(13)7-16-12-6-10(15-3)4-5-11(12)9(2)14/h4-6H,1,7H2,2-3H3. The van der Waals surface area contributed by atoms with E-state index in [4.69, 9.17) is 9.47 Å². The quantitative estimate of drug-likeness (QED) is 0.779. The van der Waals surface area contributed by atoms with Crippen molar-refractivity contribution in [3.05, 3.63) is 34.8 Å². The summed E-state index contributed by atoms with van der Waals surface area (Å²) in [6.07, 6.45) is 0. The van der Waals surface area contributed by atoms with E-state index in [9.17, 15) is 4.79 Å². The molecule has 0 N–H and O–H groups in total. The molecule has 0 aliphatic carbocycles. The van der Waals surface area contributed by atoms with Crippen molar-refractivity contribution < 1.29 is 14.3 Å². The zero-order valence-corrected chi connectivity index (χ0v) is 10.8. The fraction of sp³-hybridized carbons (Fsp3) is 0.250. The van der Waals surface area contributed by atoms with Crippen molar-refractivity contribution in [1.82, 2.24) is 0 Å². The first-order valence-corrected chi connectivity index (χ1v) is 5.49. The Morgan fingerprint density at radius 2 is 2.19 bits per heavy atom. The summed E-state index contributed by atoms with van der Waals surface area (Å²) in [4.78, 5) is 11.4. The summed E-state index contributed by atoms with van der Waals surface area (Å²) in [5.74, 6) is 1.12. The number of rotatable bonds is 5. The Kier molecular flexibility index (Phi) is 4.55. The zero-order chi connectivity index (χ0) is 12.1. The molecule has 86 valence electrons. The van der Waals surface area contributed by atoms with Gasteiger partial charge < -0.3 is 9.47 Å². The number of benzene rings is 1. The van der Waals surface area contributed by atoms with Gasteiger partial charge in [0.2, 0.25) is 0 Å². The Balaban J connectivity index is 3.00. The minimum Gasteiger partial charge on any atom is -0.497 e. The van der Waals surface area contributed by atoms with Gasteiger partial charge in [-0.25, -0.2) is 0 Å². The second kappa shape index (κ2) is 5.70. The smallest absolute Gasteiger partial charge is 0.163 e. The van der Waals surface area contributed by atoms with E-state index in [1.54, 1.807) is 25.3 Å². The third kappa shape index (κ3) is 3.38. The molecular weight excluding hydrogens is 272 g/mol. The van der Waals surface area contributed by atoms with Gasteiger partial charge in [0.05, 0.1) is 12.7 Å². The maximum Gasteiger partial charge on any atom is 0.163 e. The lowest BCUT2D eigenvalue weighted by Crippen LogP contribution is -2.03. The van der Waals surface area contributed by atoms with Gasteiger partial charge in [0, 0.05) is 10.5 Å². The van der Waals surface area contributed by atoms with Crippen molar-refractivity contribution in [3.8, 4) is 11.5 Å². The van der Waals surface area contributed by atoms with Crippen LogP contribution in [0.4, 0.5) is 0 Å². The fourth-order valence-electron chi connectivity index (χ4n) is 1.20. The van der Waals surface area contributed by atoms with Crippen LogP contribution in [0.25, 0.3) is 0 Å². The Morgan fingerprint density at radius 3 is 2.69 bits per heavy atom. The minimum atomic E-state index is -0.0437. The highest BCUT2D eigenvalue weighted by molar-refractivity contribution is 9.11. The van der Waals surface area contributed by atoms with E-state index in [0.717, 1.165) is 0 Å². The van der Waals surface area contributed by atoms with Crippen LogP contribution in [0.3, 0.4) is 0 Å². The summed E-state index contributed by atoms with van der Waals surface area (Å²) < 4.78 is 11.2. The monoisotopic (exact) mass is 284 g/mol. The molecule has 0 bridgehead atoms. The summed E-state index contributed by atoms with van der Waals surface area (Å²) in [6, 6.07) is 5.10. The van der Waals surface area contributed by atoms with Crippen LogP contribution in [0.5, 0.6) is 11.5 Å². The molecule has 3 nitrogen and oxygen atoms in total. The molecule has 0 saturated carbocycles. The number of ether oxygens (including phenoxy) is 2. The fourth-order valence-corrected chi connectivity index (χ4v) is 1.31. The molecule has 1 aromatic rings. The second-order valence-electron chi connectivity index (χ2n) is 3.22. The van der Waals surface area contributed by atoms with Gasteiger partial charge in [0.25, 0.3) is 0 Å². The van der Waals surface area contributed by atoms with E-state index in [1.165, 1.54) is 6.92 Å². The highest BCUT2D eigenvalue weighted by Crippen LogP contribution is 2.25. The van der Waals surface area contributed by atoms with Gasteiger partial charge in [-0.1, -0.05) is 22.5 Å². The molecular formula is C12H13BrO3. The SMILES string of the molecule is C=C(Br)COc1cc(OC)ccc1C(C)=O. The van der Waals surface area contributed by atoms with Crippen molar-refractivity contribution in [2.45, 2.75) is 6.92 Å². The lowest BCUT2D eigenvalue weighted by atomic mass is 10.1. The molecule has 0 spiro atoms. The third-order valence-corrected chi connectivity index (χ3v) is 2.18. The average Bonchev–Trinajstić information content (AvgIpc) is 2.25. The Bertz CT molecular complexity index is 413. The predicted octanol–water partition coefficient (Wildman–Crippen LogP) is 3.19. The van der Waals surface area contributed by atoms with Gasteiger partial charge in [-0.05, 0) is 19.1 Å². The van der Waals surface area contributed by atoms with Crippen molar-refractivity contribution >= 4 is 21.7 Å². The molecule has 0 aromatic heterocycles. The lowest BCUT2D eigenvalue weighted by molar-refractivity contribution is 0.101. The molecule has 0 amide bonds. The maximum atomic E-state index is 11.4. The Morgan fingerprint density at radius 1 is 1.50 bits per heavy atom. The van der Waals surface area contributed by atoms with E-state index >= 15 is 0 Å². The van der Waals surface area contributed by atoms with Crippen molar-refractivity contribution in [2.75, 3.05) is 13.7 Å². The van der Waals surface area contributed by atoms with E-state index in [0.29, 0.717) is 28.2 Å². The predicted molar refractivity (Wildman–Crippen MR) is 66.6 cm³/mol. The van der Waals surface area contributed by atoms with Gasteiger partial charge in [0.15, 0.2) is 5.78 Å². The number of ketones is 1. The first-order chi connectivity index (χ1) is 7.54. The number of halogens is 1. The van der Waals surface area contributed by atoms with E-state index in [1.807, 2.05) is 0 Å². The molecule has 0 fully saturated rings. The van der Waals surface area contributed by atoms with E-state index < -0.39 is 0 Å². The summed E-state index contributed by atoms with van der Waals surface area (Å²) in [5, 5.41) is 0. The average molecular weight is 285 g/mol. The number of hydrogen-bond acceptors (Lipinski definition) is 3. The third-order valence-electron chi connectivity index (χ3n) is 1.95. The molecule has 4 heteroatoms. The Labute approximate surface area is 103 Å². The highest BCUT2D eigenvalue weighted by Gasteiger charge is 2.10. The molecule has 0 saturated heterocycles. The van der Waals surface area contributed by atoms with E-state index in [2.05, 4.69) is 22.5 Å². The van der Waals surface area contributed by atoms with Gasteiger partial charge in [-0.3, -0.25) is 4.79 Å². The topological polar surface area (TPSA) is 35.5 Å². The number of Topliss-reactive ketones (excluding diaryl/α,β-unsaturated/α-hetero) is 1. The molecule has 0 heterocycles. The number of hydrogen-bond donors (Lipinski definition) is 0. The summed E-state index contributed by atoms with van der Waals surface area (Å²) in [5.41, 5.74) is 0.537. The van der Waals surface area contributed by atoms with Crippen LogP contribution in [0.1, 0.15) is 17.3 Å². The minimum absolute atomic E-state index is 0.0437. The number of carbonyl (C=O) groups is 1.